The van der Waals surface area contributed by atoms with Gasteiger partial charge in [-0.15, -0.1) is 0 Å². The van der Waals surface area contributed by atoms with Crippen molar-refractivity contribution in [3.63, 3.8) is 0 Å². The molecule has 5 rings (SSSR count). The summed E-state index contributed by atoms with van der Waals surface area (Å²) in [5.41, 5.74) is 4.54. The van der Waals surface area contributed by atoms with Gasteiger partial charge in [-0.3, -0.25) is 0 Å². The third-order valence-electron chi connectivity index (χ3n) is 6.68. The quantitative estimate of drug-likeness (QED) is 0.314. The summed E-state index contributed by atoms with van der Waals surface area (Å²) in [5.74, 6) is 1.32. The molecule has 1 aliphatic heterocycles. The van der Waals surface area contributed by atoms with Gasteiger partial charge >= 0.3 is 6.09 Å². The van der Waals surface area contributed by atoms with Crippen molar-refractivity contribution in [2.45, 2.75) is 65.3 Å². The van der Waals surface area contributed by atoms with E-state index in [1.807, 2.05) is 33.2 Å². The van der Waals surface area contributed by atoms with Crippen LogP contribution in [0.15, 0.2) is 60.9 Å². The molecular weight excluding hydrogens is 490 g/mol. The van der Waals surface area contributed by atoms with Crippen molar-refractivity contribution >= 4 is 29.0 Å². The van der Waals surface area contributed by atoms with Crippen molar-refractivity contribution in [1.29, 1.82) is 0 Å². The molecule has 1 fully saturated rings. The second kappa shape index (κ2) is 10.9. The molecule has 2 aromatic carbocycles. The highest BCUT2D eigenvalue weighted by atomic mass is 16.6. The lowest BCUT2D eigenvalue weighted by Crippen LogP contribution is -2.40. The highest BCUT2D eigenvalue weighted by Gasteiger charge is 2.29. The normalized spacial score (nSPS) is 15.6. The zero-order valence-corrected chi connectivity index (χ0v) is 23.3. The average Bonchev–Trinajstić information content (AvgIpc) is 3.54. The van der Waals surface area contributed by atoms with Crippen molar-refractivity contribution in [3.05, 3.63) is 66.5 Å². The van der Waals surface area contributed by atoms with E-state index in [9.17, 15) is 4.79 Å². The van der Waals surface area contributed by atoms with Gasteiger partial charge in [0.2, 0.25) is 5.95 Å². The first-order valence-electron chi connectivity index (χ1n) is 13.5. The highest BCUT2D eigenvalue weighted by Crippen LogP contribution is 2.27. The zero-order valence-electron chi connectivity index (χ0n) is 23.3. The predicted molar refractivity (Wildman–Crippen MR) is 155 cm³/mol. The fraction of sp³-hybridized carbons (Fsp3) is 0.400. The number of carbonyl (C=O) groups is 1. The molecule has 1 amide bonds. The lowest BCUT2D eigenvalue weighted by atomic mass is 10.0. The maximum absolute atomic E-state index is 12.3. The van der Waals surface area contributed by atoms with Crippen molar-refractivity contribution in [3.8, 4) is 11.1 Å². The fourth-order valence-corrected chi connectivity index (χ4v) is 4.71. The van der Waals surface area contributed by atoms with E-state index in [1.54, 1.807) is 0 Å². The number of anilines is 2. The summed E-state index contributed by atoms with van der Waals surface area (Å²) in [6, 6.07) is 19.1. The number of carbonyl (C=O) groups excluding carboxylic acids is 1. The Morgan fingerprint density at radius 2 is 1.77 bits per heavy atom. The van der Waals surface area contributed by atoms with Gasteiger partial charge in [-0.2, -0.15) is 9.97 Å². The Kier molecular flexibility index (Phi) is 7.41. The minimum Gasteiger partial charge on any atom is -0.444 e. The Bertz CT molecular complexity index is 1430. The van der Waals surface area contributed by atoms with Crippen molar-refractivity contribution < 1.29 is 9.53 Å². The molecule has 3 heterocycles. The molecule has 2 aromatic heterocycles. The number of aromatic nitrogens is 4. The summed E-state index contributed by atoms with van der Waals surface area (Å²) < 4.78 is 7.50. The molecule has 0 bridgehead atoms. The summed E-state index contributed by atoms with van der Waals surface area (Å²) in [5, 5.41) is 6.49. The monoisotopic (exact) mass is 527 g/mol. The van der Waals surface area contributed by atoms with E-state index < -0.39 is 11.7 Å². The average molecular weight is 528 g/mol. The SMILES string of the molecule is CC(C)n1cnc2c(NCc3ccc(-c4ccccc4)cc3)nc(N3CC[C@@H](NC(=O)OC(C)(C)C)C3)nc21. The van der Waals surface area contributed by atoms with Crippen LogP contribution in [-0.2, 0) is 11.3 Å². The molecule has 0 aliphatic carbocycles. The number of imidazole rings is 1. The Morgan fingerprint density at radius 1 is 1.05 bits per heavy atom. The Balaban J connectivity index is 1.34. The van der Waals surface area contributed by atoms with Gasteiger partial charge < -0.3 is 24.8 Å². The number of hydrogen-bond acceptors (Lipinski definition) is 7. The van der Waals surface area contributed by atoms with Crippen LogP contribution in [0.4, 0.5) is 16.6 Å². The fourth-order valence-electron chi connectivity index (χ4n) is 4.71. The van der Waals surface area contributed by atoms with Gasteiger partial charge in [0.1, 0.15) is 5.60 Å². The lowest BCUT2D eigenvalue weighted by Gasteiger charge is -2.22. The summed E-state index contributed by atoms with van der Waals surface area (Å²) in [6.07, 6.45) is 2.22. The first kappa shape index (κ1) is 26.5. The van der Waals surface area contributed by atoms with Gasteiger partial charge in [-0.05, 0) is 57.7 Å². The number of benzene rings is 2. The molecule has 1 saturated heterocycles. The van der Waals surface area contributed by atoms with Crippen LogP contribution >= 0.6 is 0 Å². The van der Waals surface area contributed by atoms with E-state index in [1.165, 1.54) is 11.1 Å². The zero-order chi connectivity index (χ0) is 27.6. The van der Waals surface area contributed by atoms with Gasteiger partial charge in [0.15, 0.2) is 17.0 Å². The van der Waals surface area contributed by atoms with Crippen LogP contribution in [0.5, 0.6) is 0 Å². The molecule has 204 valence electrons. The number of ether oxygens (including phenoxy) is 1. The van der Waals surface area contributed by atoms with Gasteiger partial charge in [0, 0.05) is 25.7 Å². The van der Waals surface area contributed by atoms with E-state index in [2.05, 4.69) is 87.5 Å². The minimum absolute atomic E-state index is 0.0336. The van der Waals surface area contributed by atoms with Crippen LogP contribution in [0.2, 0.25) is 0 Å². The standard InChI is InChI=1S/C30H37N7O2/c1-20(2)37-19-32-25-26(31-17-21-11-13-23(14-12-21)22-9-7-6-8-10-22)34-28(35-27(25)37)36-16-15-24(18-36)33-29(38)39-30(3,4)5/h6-14,19-20,24H,15-18H2,1-5H3,(H,33,38)(H,31,34,35)/t24-/m1/s1. The topological polar surface area (TPSA) is 97.2 Å². The van der Waals surface area contributed by atoms with Crippen LogP contribution in [0.1, 0.15) is 52.6 Å². The van der Waals surface area contributed by atoms with Gasteiger partial charge in [0.25, 0.3) is 0 Å². The van der Waals surface area contributed by atoms with E-state index in [0.29, 0.717) is 24.9 Å². The van der Waals surface area contributed by atoms with E-state index >= 15 is 0 Å². The minimum atomic E-state index is -0.534. The van der Waals surface area contributed by atoms with Crippen LogP contribution in [0, 0.1) is 0 Å². The lowest BCUT2D eigenvalue weighted by molar-refractivity contribution is 0.0509. The number of amides is 1. The third-order valence-corrected chi connectivity index (χ3v) is 6.68. The van der Waals surface area contributed by atoms with E-state index in [4.69, 9.17) is 14.7 Å². The molecule has 1 atom stereocenters. The number of nitrogens with one attached hydrogen (secondary N) is 2. The van der Waals surface area contributed by atoms with Crippen LogP contribution < -0.4 is 15.5 Å². The molecule has 9 heteroatoms. The number of alkyl carbamates (subject to hydrolysis) is 1. The third kappa shape index (κ3) is 6.30. The smallest absolute Gasteiger partial charge is 0.407 e. The molecule has 2 N–H and O–H groups in total. The summed E-state index contributed by atoms with van der Waals surface area (Å²) in [7, 11) is 0. The molecule has 0 saturated carbocycles. The number of hydrogen-bond donors (Lipinski definition) is 2. The second-order valence-corrected chi connectivity index (χ2v) is 11.3. The first-order valence-corrected chi connectivity index (χ1v) is 13.5. The molecule has 39 heavy (non-hydrogen) atoms. The number of rotatable bonds is 7. The highest BCUT2D eigenvalue weighted by molar-refractivity contribution is 5.84. The molecule has 0 radical (unpaired) electrons. The Hall–Kier alpha value is -4.14. The van der Waals surface area contributed by atoms with Crippen LogP contribution in [-0.4, -0.2) is 50.3 Å². The Labute approximate surface area is 229 Å². The van der Waals surface area contributed by atoms with Crippen molar-refractivity contribution in [2.75, 3.05) is 23.3 Å². The van der Waals surface area contributed by atoms with E-state index in [-0.39, 0.29) is 12.1 Å². The molecular formula is C30H37N7O2. The molecule has 9 nitrogen and oxygen atoms in total. The van der Waals surface area contributed by atoms with Gasteiger partial charge in [-0.1, -0.05) is 54.6 Å². The summed E-state index contributed by atoms with van der Waals surface area (Å²) in [4.78, 5) is 28.8. The molecule has 0 spiro atoms. The summed E-state index contributed by atoms with van der Waals surface area (Å²) >= 11 is 0. The van der Waals surface area contributed by atoms with E-state index in [0.717, 1.165) is 29.7 Å². The second-order valence-electron chi connectivity index (χ2n) is 11.3. The molecule has 0 unspecified atom stereocenters. The maximum Gasteiger partial charge on any atom is 0.407 e. The largest absolute Gasteiger partial charge is 0.444 e. The molecule has 1 aliphatic rings. The Morgan fingerprint density at radius 3 is 2.46 bits per heavy atom. The first-order chi connectivity index (χ1) is 18.7. The van der Waals surface area contributed by atoms with Gasteiger partial charge in [-0.25, -0.2) is 9.78 Å². The summed E-state index contributed by atoms with van der Waals surface area (Å²) in [6.45, 7) is 11.8. The van der Waals surface area contributed by atoms with Gasteiger partial charge in [0.05, 0.1) is 12.4 Å². The number of fused-ring (bicyclic) bond motifs is 1. The van der Waals surface area contributed by atoms with Crippen LogP contribution in [0.25, 0.3) is 22.3 Å². The van der Waals surface area contributed by atoms with Crippen molar-refractivity contribution in [2.24, 2.45) is 0 Å². The molecule has 4 aromatic rings. The van der Waals surface area contributed by atoms with Crippen molar-refractivity contribution in [1.82, 2.24) is 24.8 Å². The predicted octanol–water partition coefficient (Wildman–Crippen LogP) is 5.79. The number of nitrogens with zero attached hydrogens (tertiary/aromatic N) is 5. The van der Waals surface area contributed by atoms with Crippen LogP contribution in [0.3, 0.4) is 0 Å². The maximum atomic E-state index is 12.3.